The normalized spacial score (nSPS) is 21.8. The fourth-order valence-corrected chi connectivity index (χ4v) is 4.11. The summed E-state index contributed by atoms with van der Waals surface area (Å²) in [6.07, 6.45) is 1.53. The lowest BCUT2D eigenvalue weighted by Crippen LogP contribution is -2.35. The molecule has 1 aliphatic rings. The van der Waals surface area contributed by atoms with Crippen LogP contribution >= 0.6 is 11.3 Å². The number of nitrogens with zero attached hydrogens (tertiary/aromatic N) is 2. The van der Waals surface area contributed by atoms with Gasteiger partial charge in [-0.1, -0.05) is 18.2 Å². The quantitative estimate of drug-likeness (QED) is 0.763. The number of hydrogen-bond donors (Lipinski definition) is 2. The third-order valence-corrected chi connectivity index (χ3v) is 5.43. The Morgan fingerprint density at radius 1 is 1.17 bits per heavy atom. The van der Waals surface area contributed by atoms with Gasteiger partial charge >= 0.3 is 0 Å². The van der Waals surface area contributed by atoms with E-state index in [4.69, 9.17) is 0 Å². The summed E-state index contributed by atoms with van der Waals surface area (Å²) in [5.41, 5.74) is 0.959. The molecular weight excluding hydrogens is 306 g/mol. The first-order valence-electron chi connectivity index (χ1n) is 7.92. The summed E-state index contributed by atoms with van der Waals surface area (Å²) >= 11 is 1.75. The molecule has 1 aromatic carbocycles. The Kier molecular flexibility index (Phi) is 3.75. The summed E-state index contributed by atoms with van der Waals surface area (Å²) in [6, 6.07) is 12.5. The molecule has 0 saturated heterocycles. The summed E-state index contributed by atoms with van der Waals surface area (Å²) in [5.74, 6) is 2.09. The van der Waals surface area contributed by atoms with E-state index in [-0.39, 0.29) is 12.1 Å². The van der Waals surface area contributed by atoms with Gasteiger partial charge in [-0.25, -0.2) is 9.97 Å². The van der Waals surface area contributed by atoms with Crippen LogP contribution < -0.4 is 5.32 Å². The highest BCUT2D eigenvalue weighted by molar-refractivity contribution is 7.10. The van der Waals surface area contributed by atoms with Crippen molar-refractivity contribution < 1.29 is 5.11 Å². The van der Waals surface area contributed by atoms with Crippen molar-refractivity contribution in [1.29, 1.82) is 0 Å². The lowest BCUT2D eigenvalue weighted by atomic mass is 9.76. The Labute approximate surface area is 139 Å². The van der Waals surface area contributed by atoms with Crippen molar-refractivity contribution in [3.8, 4) is 0 Å². The molecule has 0 amide bonds. The van der Waals surface area contributed by atoms with Gasteiger partial charge in [-0.2, -0.15) is 0 Å². The zero-order valence-corrected chi connectivity index (χ0v) is 13.8. The molecule has 0 bridgehead atoms. The van der Waals surface area contributed by atoms with Gasteiger partial charge in [0.2, 0.25) is 0 Å². The topological polar surface area (TPSA) is 58.0 Å². The van der Waals surface area contributed by atoms with Crippen molar-refractivity contribution in [3.63, 3.8) is 0 Å². The van der Waals surface area contributed by atoms with Crippen LogP contribution in [-0.2, 0) is 0 Å². The molecule has 23 heavy (non-hydrogen) atoms. The molecule has 4 nitrogen and oxygen atoms in total. The molecule has 4 rings (SSSR count). The maximum atomic E-state index is 9.70. The Morgan fingerprint density at radius 3 is 2.74 bits per heavy atom. The standard InChI is InChI=1S/C18H19N3OS/c1-11-19-15-6-3-2-5-14(15)18(20-11)21-17(12-9-13(22)10-12)16-7-4-8-23-16/h2-8,12-13,17,22H,9-10H2,1H3,(H,19,20,21). The summed E-state index contributed by atoms with van der Waals surface area (Å²) in [6.45, 7) is 1.92. The Bertz CT molecular complexity index is 812. The largest absolute Gasteiger partial charge is 0.393 e. The van der Waals surface area contributed by atoms with E-state index < -0.39 is 0 Å². The SMILES string of the molecule is Cc1nc(NC(c2cccs2)C2CC(O)C2)c2ccccc2n1. The van der Waals surface area contributed by atoms with Gasteiger partial charge in [0.15, 0.2) is 0 Å². The van der Waals surface area contributed by atoms with Crippen molar-refractivity contribution in [2.24, 2.45) is 5.92 Å². The number of para-hydroxylation sites is 1. The highest BCUT2D eigenvalue weighted by Crippen LogP contribution is 2.41. The van der Waals surface area contributed by atoms with Crippen LogP contribution in [-0.4, -0.2) is 21.2 Å². The van der Waals surface area contributed by atoms with E-state index in [0.717, 1.165) is 35.4 Å². The number of nitrogens with one attached hydrogen (secondary N) is 1. The average molecular weight is 325 g/mol. The van der Waals surface area contributed by atoms with Gasteiger partial charge < -0.3 is 10.4 Å². The Hall–Kier alpha value is -1.98. The molecule has 0 spiro atoms. The Balaban J connectivity index is 1.72. The van der Waals surface area contributed by atoms with E-state index in [1.165, 1.54) is 4.88 Å². The van der Waals surface area contributed by atoms with E-state index in [0.29, 0.717) is 5.92 Å². The van der Waals surface area contributed by atoms with Crippen LogP contribution in [0.4, 0.5) is 5.82 Å². The second-order valence-corrected chi connectivity index (χ2v) is 7.14. The lowest BCUT2D eigenvalue weighted by molar-refractivity contribution is 0.0344. The van der Waals surface area contributed by atoms with E-state index in [2.05, 4.69) is 38.9 Å². The number of rotatable bonds is 4. The van der Waals surface area contributed by atoms with Crippen molar-refractivity contribution in [2.45, 2.75) is 31.9 Å². The number of fused-ring (bicyclic) bond motifs is 1. The first-order valence-corrected chi connectivity index (χ1v) is 8.80. The third-order valence-electron chi connectivity index (χ3n) is 4.48. The number of anilines is 1. The van der Waals surface area contributed by atoms with Crippen LogP contribution in [0.1, 0.15) is 29.6 Å². The minimum absolute atomic E-state index is 0.159. The molecule has 0 aliphatic heterocycles. The summed E-state index contributed by atoms with van der Waals surface area (Å²) in [7, 11) is 0. The number of aliphatic hydroxyl groups is 1. The molecule has 2 aromatic heterocycles. The minimum atomic E-state index is -0.159. The zero-order valence-electron chi connectivity index (χ0n) is 12.9. The molecular formula is C18H19N3OS. The zero-order chi connectivity index (χ0) is 15.8. The number of thiophene rings is 1. The predicted octanol–water partition coefficient (Wildman–Crippen LogP) is 3.92. The van der Waals surface area contributed by atoms with Gasteiger partial charge in [0.1, 0.15) is 11.6 Å². The predicted molar refractivity (Wildman–Crippen MR) is 93.7 cm³/mol. The number of benzene rings is 1. The smallest absolute Gasteiger partial charge is 0.138 e. The number of aryl methyl sites for hydroxylation is 1. The highest BCUT2D eigenvalue weighted by Gasteiger charge is 2.35. The van der Waals surface area contributed by atoms with Crippen LogP contribution in [0.15, 0.2) is 41.8 Å². The number of aliphatic hydroxyl groups excluding tert-OH is 1. The first kappa shape index (κ1) is 14.6. The molecule has 3 aromatic rings. The molecule has 1 atom stereocenters. The maximum absolute atomic E-state index is 9.70. The van der Waals surface area contributed by atoms with Gasteiger partial charge in [-0.3, -0.25) is 0 Å². The monoisotopic (exact) mass is 325 g/mol. The Morgan fingerprint density at radius 2 is 2.00 bits per heavy atom. The second kappa shape index (κ2) is 5.91. The molecule has 1 fully saturated rings. The van der Waals surface area contributed by atoms with E-state index >= 15 is 0 Å². The van der Waals surface area contributed by atoms with Crippen LogP contribution in [0.2, 0.25) is 0 Å². The fourth-order valence-electron chi connectivity index (χ4n) is 3.24. The molecule has 5 heteroatoms. The van der Waals surface area contributed by atoms with Crippen molar-refractivity contribution in [1.82, 2.24) is 9.97 Å². The summed E-state index contributed by atoms with van der Waals surface area (Å²) < 4.78 is 0. The van der Waals surface area contributed by atoms with Crippen LogP contribution in [0.25, 0.3) is 10.9 Å². The fraction of sp³-hybridized carbons (Fsp3) is 0.333. The second-order valence-electron chi connectivity index (χ2n) is 6.16. The molecule has 1 aliphatic carbocycles. The van der Waals surface area contributed by atoms with Gasteiger partial charge in [-0.05, 0) is 49.3 Å². The summed E-state index contributed by atoms with van der Waals surface area (Å²) in [5, 5.41) is 16.5. The minimum Gasteiger partial charge on any atom is -0.393 e. The van der Waals surface area contributed by atoms with Crippen LogP contribution in [0.5, 0.6) is 0 Å². The van der Waals surface area contributed by atoms with E-state index in [1.807, 2.05) is 25.1 Å². The lowest BCUT2D eigenvalue weighted by Gasteiger charge is -2.38. The van der Waals surface area contributed by atoms with Crippen molar-refractivity contribution >= 4 is 28.1 Å². The van der Waals surface area contributed by atoms with Gasteiger partial charge in [0.25, 0.3) is 0 Å². The number of hydrogen-bond acceptors (Lipinski definition) is 5. The number of aromatic nitrogens is 2. The highest BCUT2D eigenvalue weighted by atomic mass is 32.1. The molecule has 1 unspecified atom stereocenters. The van der Waals surface area contributed by atoms with Gasteiger partial charge in [-0.15, -0.1) is 11.3 Å². The average Bonchev–Trinajstić information content (AvgIpc) is 3.03. The third kappa shape index (κ3) is 2.82. The van der Waals surface area contributed by atoms with Crippen molar-refractivity contribution in [2.75, 3.05) is 5.32 Å². The van der Waals surface area contributed by atoms with Gasteiger partial charge in [0, 0.05) is 10.3 Å². The molecule has 118 valence electrons. The maximum Gasteiger partial charge on any atom is 0.138 e. The summed E-state index contributed by atoms with van der Waals surface area (Å²) in [4.78, 5) is 10.4. The van der Waals surface area contributed by atoms with E-state index in [1.54, 1.807) is 11.3 Å². The molecule has 0 radical (unpaired) electrons. The van der Waals surface area contributed by atoms with E-state index in [9.17, 15) is 5.11 Å². The van der Waals surface area contributed by atoms with Gasteiger partial charge in [0.05, 0.1) is 17.7 Å². The van der Waals surface area contributed by atoms with Crippen LogP contribution in [0, 0.1) is 12.8 Å². The molecule has 2 heterocycles. The molecule has 2 N–H and O–H groups in total. The first-order chi connectivity index (χ1) is 11.2. The van der Waals surface area contributed by atoms with Crippen LogP contribution in [0.3, 0.4) is 0 Å². The van der Waals surface area contributed by atoms with Crippen molar-refractivity contribution in [3.05, 3.63) is 52.5 Å². The molecule has 1 saturated carbocycles.